The molecule has 1 atom stereocenters. The van der Waals surface area contributed by atoms with Crippen LogP contribution in [0.5, 0.6) is 0 Å². The first-order valence-corrected chi connectivity index (χ1v) is 7.70. The number of amides is 1. The lowest BCUT2D eigenvalue weighted by atomic mass is 10.1. The maximum atomic E-state index is 11.9. The van der Waals surface area contributed by atoms with E-state index < -0.39 is 0 Å². The van der Waals surface area contributed by atoms with Crippen LogP contribution in [-0.2, 0) is 24.3 Å². The van der Waals surface area contributed by atoms with Gasteiger partial charge in [0.05, 0.1) is 6.54 Å². The van der Waals surface area contributed by atoms with Gasteiger partial charge >= 0.3 is 0 Å². The molecule has 1 unspecified atom stereocenters. The summed E-state index contributed by atoms with van der Waals surface area (Å²) in [4.78, 5) is 13.8. The monoisotopic (exact) mass is 280 g/mol. The summed E-state index contributed by atoms with van der Waals surface area (Å²) in [6.45, 7) is 2.41. The minimum Gasteiger partial charge on any atom is -0.335 e. The van der Waals surface area contributed by atoms with Gasteiger partial charge in [-0.15, -0.1) is 10.2 Å². The number of nitrogens with zero attached hydrogens (tertiary/aromatic N) is 4. The average Bonchev–Trinajstić information content (AvgIpc) is 2.86. The Labute approximate surface area is 118 Å². The Hall–Kier alpha value is -1.04. The maximum Gasteiger partial charge on any atom is 0.223 e. The van der Waals surface area contributed by atoms with Gasteiger partial charge in [0, 0.05) is 25.9 Å². The van der Waals surface area contributed by atoms with Crippen molar-refractivity contribution in [1.82, 2.24) is 19.7 Å². The summed E-state index contributed by atoms with van der Waals surface area (Å²) < 4.78 is 2.22. The number of aryl methyl sites for hydroxylation is 1. The summed E-state index contributed by atoms with van der Waals surface area (Å²) in [6.07, 6.45) is 5.28. The van der Waals surface area contributed by atoms with Gasteiger partial charge in [0.25, 0.3) is 0 Å². The molecular weight excluding hydrogens is 260 g/mol. The Morgan fingerprint density at radius 2 is 2.16 bits per heavy atom. The first-order valence-electron chi connectivity index (χ1n) is 7.07. The second kappa shape index (κ2) is 5.53. The lowest BCUT2D eigenvalue weighted by Gasteiger charge is -2.16. The summed E-state index contributed by atoms with van der Waals surface area (Å²) in [7, 11) is 0. The van der Waals surface area contributed by atoms with E-state index in [9.17, 15) is 4.79 Å². The van der Waals surface area contributed by atoms with Crippen molar-refractivity contribution < 1.29 is 4.79 Å². The van der Waals surface area contributed by atoms with Gasteiger partial charge in [-0.1, -0.05) is 6.42 Å². The van der Waals surface area contributed by atoms with Gasteiger partial charge in [-0.2, -0.15) is 12.6 Å². The number of rotatable bonds is 3. The van der Waals surface area contributed by atoms with Crippen LogP contribution in [0.25, 0.3) is 0 Å². The largest absolute Gasteiger partial charge is 0.335 e. The van der Waals surface area contributed by atoms with Crippen LogP contribution >= 0.6 is 12.6 Å². The summed E-state index contributed by atoms with van der Waals surface area (Å²) in [5.74, 6) is 3.43. The van der Waals surface area contributed by atoms with E-state index in [4.69, 9.17) is 0 Å². The fraction of sp³-hybridized carbons (Fsp3) is 0.769. The first-order chi connectivity index (χ1) is 9.28. The van der Waals surface area contributed by atoms with E-state index in [0.29, 0.717) is 18.9 Å². The van der Waals surface area contributed by atoms with E-state index in [1.54, 1.807) is 0 Å². The number of thiol groups is 1. The van der Waals surface area contributed by atoms with Crippen LogP contribution in [0, 0.1) is 5.92 Å². The molecule has 0 aliphatic carbocycles. The van der Waals surface area contributed by atoms with E-state index >= 15 is 0 Å². The van der Waals surface area contributed by atoms with E-state index in [0.717, 1.165) is 36.9 Å². The maximum absolute atomic E-state index is 11.9. The van der Waals surface area contributed by atoms with Crippen LogP contribution in [-0.4, -0.2) is 37.9 Å². The van der Waals surface area contributed by atoms with Gasteiger partial charge in [0.15, 0.2) is 5.82 Å². The molecule has 104 valence electrons. The number of carbonyl (C=O) groups excluding carboxylic acids is 1. The molecular formula is C13H20N4OS. The highest BCUT2D eigenvalue weighted by Gasteiger charge is 2.30. The lowest BCUT2D eigenvalue weighted by Crippen LogP contribution is -2.26. The van der Waals surface area contributed by atoms with Crippen molar-refractivity contribution in [3.63, 3.8) is 0 Å². The molecule has 0 aromatic carbocycles. The molecule has 3 heterocycles. The zero-order chi connectivity index (χ0) is 13.2. The molecule has 1 saturated heterocycles. The highest BCUT2D eigenvalue weighted by molar-refractivity contribution is 7.80. The normalized spacial score (nSPS) is 23.5. The highest BCUT2D eigenvalue weighted by atomic mass is 32.1. The standard InChI is InChI=1S/C13H20N4OS/c18-13-6-10(9-19)7-16(13)8-12-15-14-11-4-2-1-3-5-17(11)12/h10,19H,1-9H2. The Balaban J connectivity index is 1.73. The molecule has 5 nitrogen and oxygen atoms in total. The lowest BCUT2D eigenvalue weighted by molar-refractivity contribution is -0.128. The minimum atomic E-state index is 0.227. The molecule has 3 rings (SSSR count). The summed E-state index contributed by atoms with van der Waals surface area (Å²) in [5, 5.41) is 8.57. The van der Waals surface area contributed by atoms with Crippen molar-refractivity contribution in [2.45, 2.75) is 45.2 Å². The summed E-state index contributed by atoms with van der Waals surface area (Å²) in [5.41, 5.74) is 0. The number of fused-ring (bicyclic) bond motifs is 1. The van der Waals surface area contributed by atoms with Crippen molar-refractivity contribution in [3.8, 4) is 0 Å². The summed E-state index contributed by atoms with van der Waals surface area (Å²) >= 11 is 4.29. The van der Waals surface area contributed by atoms with Gasteiger partial charge in [-0.25, -0.2) is 0 Å². The van der Waals surface area contributed by atoms with E-state index in [2.05, 4.69) is 27.4 Å². The molecule has 1 fully saturated rings. The number of hydrogen-bond acceptors (Lipinski definition) is 4. The smallest absolute Gasteiger partial charge is 0.223 e. The zero-order valence-corrected chi connectivity index (χ0v) is 12.0. The Kier molecular flexibility index (Phi) is 3.77. The summed E-state index contributed by atoms with van der Waals surface area (Å²) in [6, 6.07) is 0. The van der Waals surface area contributed by atoms with Crippen LogP contribution in [0.4, 0.5) is 0 Å². The minimum absolute atomic E-state index is 0.227. The first kappa shape index (κ1) is 13.0. The second-order valence-electron chi connectivity index (χ2n) is 5.52. The number of carbonyl (C=O) groups is 1. The number of likely N-dealkylation sites (tertiary alicyclic amines) is 1. The Bertz CT molecular complexity index is 473. The van der Waals surface area contributed by atoms with Crippen LogP contribution in [0.2, 0.25) is 0 Å². The number of aromatic nitrogens is 3. The molecule has 0 spiro atoms. The van der Waals surface area contributed by atoms with Gasteiger partial charge < -0.3 is 9.47 Å². The SMILES string of the molecule is O=C1CC(CS)CN1Cc1nnc2n1CCCCC2. The molecule has 2 aliphatic rings. The Morgan fingerprint density at radius 1 is 1.26 bits per heavy atom. The molecule has 0 saturated carbocycles. The van der Waals surface area contributed by atoms with E-state index in [1.807, 2.05) is 4.90 Å². The van der Waals surface area contributed by atoms with Gasteiger partial charge in [0.1, 0.15) is 5.82 Å². The van der Waals surface area contributed by atoms with Crippen molar-refractivity contribution in [3.05, 3.63) is 11.6 Å². The molecule has 1 aromatic rings. The number of hydrogen-bond donors (Lipinski definition) is 1. The molecule has 6 heteroatoms. The molecule has 19 heavy (non-hydrogen) atoms. The highest BCUT2D eigenvalue weighted by Crippen LogP contribution is 2.22. The van der Waals surface area contributed by atoms with E-state index in [1.165, 1.54) is 19.3 Å². The van der Waals surface area contributed by atoms with Crippen LogP contribution < -0.4 is 0 Å². The fourth-order valence-electron chi connectivity index (χ4n) is 2.96. The molecule has 0 bridgehead atoms. The van der Waals surface area contributed by atoms with Gasteiger partial charge in [0.2, 0.25) is 5.91 Å². The predicted octanol–water partition coefficient (Wildman–Crippen LogP) is 1.28. The van der Waals surface area contributed by atoms with E-state index in [-0.39, 0.29) is 5.91 Å². The van der Waals surface area contributed by atoms with Crippen molar-refractivity contribution in [2.24, 2.45) is 5.92 Å². The third kappa shape index (κ3) is 2.63. The Morgan fingerprint density at radius 3 is 2.95 bits per heavy atom. The third-order valence-corrected chi connectivity index (χ3v) is 4.59. The third-order valence-electron chi connectivity index (χ3n) is 4.07. The van der Waals surface area contributed by atoms with Crippen molar-refractivity contribution in [1.29, 1.82) is 0 Å². The molecule has 0 radical (unpaired) electrons. The zero-order valence-electron chi connectivity index (χ0n) is 11.1. The topological polar surface area (TPSA) is 51.0 Å². The quantitative estimate of drug-likeness (QED) is 0.849. The van der Waals surface area contributed by atoms with Crippen LogP contribution in [0.3, 0.4) is 0 Å². The molecule has 0 N–H and O–H groups in total. The van der Waals surface area contributed by atoms with Crippen molar-refractivity contribution >= 4 is 18.5 Å². The van der Waals surface area contributed by atoms with Crippen molar-refractivity contribution in [2.75, 3.05) is 12.3 Å². The molecule has 1 aromatic heterocycles. The van der Waals surface area contributed by atoms with Crippen LogP contribution in [0.15, 0.2) is 0 Å². The second-order valence-corrected chi connectivity index (χ2v) is 5.89. The van der Waals surface area contributed by atoms with Gasteiger partial charge in [-0.3, -0.25) is 4.79 Å². The molecule has 1 amide bonds. The van der Waals surface area contributed by atoms with Crippen LogP contribution in [0.1, 0.15) is 37.3 Å². The molecule has 2 aliphatic heterocycles. The average molecular weight is 280 g/mol. The predicted molar refractivity (Wildman–Crippen MR) is 75.0 cm³/mol. The van der Waals surface area contributed by atoms with Gasteiger partial charge in [-0.05, 0) is 24.5 Å². The fourth-order valence-corrected chi connectivity index (χ4v) is 3.21.